The van der Waals surface area contributed by atoms with Crippen molar-refractivity contribution in [1.29, 1.82) is 0 Å². The molecule has 0 N–H and O–H groups in total. The molecule has 0 rings (SSSR count). The van der Waals surface area contributed by atoms with Crippen LogP contribution in [0.3, 0.4) is 0 Å². The molecule has 4 nitrogen and oxygen atoms in total. The van der Waals surface area contributed by atoms with Crippen LogP contribution in [-0.4, -0.2) is 25.2 Å². The lowest BCUT2D eigenvalue weighted by molar-refractivity contribution is -0.149. The molecule has 0 fully saturated rings. The minimum absolute atomic E-state index is 0.134. The SMILES string of the molecule is CC(=O)OCCOC(C)=O.CCCCCCC. The number of rotatable bonds is 7. The van der Waals surface area contributed by atoms with Gasteiger partial charge in [0.25, 0.3) is 0 Å². The Morgan fingerprint density at radius 1 is 0.765 bits per heavy atom. The highest BCUT2D eigenvalue weighted by molar-refractivity contribution is 5.66. The zero-order valence-electron chi connectivity index (χ0n) is 11.6. The highest BCUT2D eigenvalue weighted by Gasteiger charge is 1.94. The maximum Gasteiger partial charge on any atom is 0.302 e. The van der Waals surface area contributed by atoms with Crippen molar-refractivity contribution in [3.8, 4) is 0 Å². The lowest BCUT2D eigenvalue weighted by Crippen LogP contribution is -2.09. The summed E-state index contributed by atoms with van der Waals surface area (Å²) in [5, 5.41) is 0. The average molecular weight is 246 g/mol. The number of carbonyl (C=O) groups is 2. The van der Waals surface area contributed by atoms with Gasteiger partial charge in [0.05, 0.1) is 0 Å². The fourth-order valence-electron chi connectivity index (χ4n) is 1.05. The smallest absolute Gasteiger partial charge is 0.302 e. The van der Waals surface area contributed by atoms with Gasteiger partial charge in [0.2, 0.25) is 0 Å². The number of esters is 2. The third-order valence-corrected chi connectivity index (χ3v) is 1.90. The zero-order valence-corrected chi connectivity index (χ0v) is 11.6. The van der Waals surface area contributed by atoms with Crippen molar-refractivity contribution in [2.24, 2.45) is 0 Å². The van der Waals surface area contributed by atoms with Crippen LogP contribution in [0, 0.1) is 0 Å². The van der Waals surface area contributed by atoms with Crippen molar-refractivity contribution in [2.45, 2.75) is 59.8 Å². The van der Waals surface area contributed by atoms with Crippen molar-refractivity contribution in [3.63, 3.8) is 0 Å². The van der Waals surface area contributed by atoms with Gasteiger partial charge in [-0.3, -0.25) is 9.59 Å². The first kappa shape index (κ1) is 18.3. The fraction of sp³-hybridized carbons (Fsp3) is 0.846. The summed E-state index contributed by atoms with van der Waals surface area (Å²) >= 11 is 0. The van der Waals surface area contributed by atoms with Gasteiger partial charge in [-0.2, -0.15) is 0 Å². The average Bonchev–Trinajstić information content (AvgIpc) is 2.26. The van der Waals surface area contributed by atoms with E-state index < -0.39 is 0 Å². The van der Waals surface area contributed by atoms with E-state index in [0.29, 0.717) is 0 Å². The number of ether oxygens (including phenoxy) is 2. The van der Waals surface area contributed by atoms with E-state index in [1.54, 1.807) is 0 Å². The van der Waals surface area contributed by atoms with E-state index in [1.165, 1.54) is 46.0 Å². The molecule has 0 aromatic carbocycles. The Kier molecular flexibility index (Phi) is 16.1. The van der Waals surface area contributed by atoms with Gasteiger partial charge in [-0.05, 0) is 0 Å². The molecular weight excluding hydrogens is 220 g/mol. The van der Waals surface area contributed by atoms with Crippen LogP contribution >= 0.6 is 0 Å². The van der Waals surface area contributed by atoms with E-state index >= 15 is 0 Å². The summed E-state index contributed by atoms with van der Waals surface area (Å²) in [7, 11) is 0. The largest absolute Gasteiger partial charge is 0.462 e. The molecule has 102 valence electrons. The molecule has 0 saturated heterocycles. The molecule has 0 radical (unpaired) electrons. The lowest BCUT2D eigenvalue weighted by atomic mass is 10.2. The molecule has 0 heterocycles. The van der Waals surface area contributed by atoms with Crippen LogP contribution in [0.25, 0.3) is 0 Å². The van der Waals surface area contributed by atoms with E-state index in [1.807, 2.05) is 0 Å². The molecule has 0 spiro atoms. The van der Waals surface area contributed by atoms with Gasteiger partial charge in [0.15, 0.2) is 0 Å². The highest BCUT2D eigenvalue weighted by atomic mass is 16.6. The Balaban J connectivity index is 0. The van der Waals surface area contributed by atoms with Gasteiger partial charge >= 0.3 is 11.9 Å². The normalized spacial score (nSPS) is 8.94. The first-order chi connectivity index (χ1) is 8.04. The zero-order chi connectivity index (χ0) is 13.5. The second-order valence-corrected chi connectivity index (χ2v) is 3.74. The number of carbonyl (C=O) groups excluding carboxylic acids is 2. The molecular formula is C13H26O4. The maximum absolute atomic E-state index is 10.1. The summed E-state index contributed by atoms with van der Waals surface area (Å²) in [6, 6.07) is 0. The predicted octanol–water partition coefficient (Wildman–Crippen LogP) is 3.09. The van der Waals surface area contributed by atoms with Crippen LogP contribution in [0.15, 0.2) is 0 Å². The third-order valence-electron chi connectivity index (χ3n) is 1.90. The predicted molar refractivity (Wildman–Crippen MR) is 67.7 cm³/mol. The van der Waals surface area contributed by atoms with Crippen LogP contribution in [0.4, 0.5) is 0 Å². The summed E-state index contributed by atoms with van der Waals surface area (Å²) in [5.41, 5.74) is 0. The number of unbranched alkanes of at least 4 members (excludes halogenated alkanes) is 4. The molecule has 0 aromatic rings. The molecule has 0 aliphatic rings. The van der Waals surface area contributed by atoms with Crippen LogP contribution in [-0.2, 0) is 19.1 Å². The maximum atomic E-state index is 10.1. The second kappa shape index (κ2) is 14.9. The van der Waals surface area contributed by atoms with E-state index in [2.05, 4.69) is 23.3 Å². The standard InChI is InChI=1S/C7H16.C6H10O4/c1-3-5-7-6-4-2;1-5(7)9-3-4-10-6(2)8/h3-7H2,1-2H3;3-4H2,1-2H3. The summed E-state index contributed by atoms with van der Waals surface area (Å²) < 4.78 is 8.95. The third kappa shape index (κ3) is 25.3. The molecule has 0 bridgehead atoms. The Morgan fingerprint density at radius 3 is 1.35 bits per heavy atom. The minimum atomic E-state index is -0.368. The Bertz CT molecular complexity index is 170. The van der Waals surface area contributed by atoms with Crippen LogP contribution < -0.4 is 0 Å². The van der Waals surface area contributed by atoms with E-state index in [-0.39, 0.29) is 25.2 Å². The molecule has 0 aromatic heterocycles. The minimum Gasteiger partial charge on any atom is -0.462 e. The number of hydrogen-bond donors (Lipinski definition) is 0. The van der Waals surface area contributed by atoms with E-state index in [9.17, 15) is 9.59 Å². The van der Waals surface area contributed by atoms with E-state index in [4.69, 9.17) is 0 Å². The van der Waals surface area contributed by atoms with Gasteiger partial charge in [0.1, 0.15) is 13.2 Å². The van der Waals surface area contributed by atoms with Crippen LogP contribution in [0.2, 0.25) is 0 Å². The van der Waals surface area contributed by atoms with Crippen molar-refractivity contribution < 1.29 is 19.1 Å². The molecule has 0 aliphatic carbocycles. The van der Waals surface area contributed by atoms with Crippen molar-refractivity contribution >= 4 is 11.9 Å². The number of hydrogen-bond acceptors (Lipinski definition) is 4. The first-order valence-electron chi connectivity index (χ1n) is 6.31. The van der Waals surface area contributed by atoms with Gasteiger partial charge in [-0.1, -0.05) is 46.0 Å². The fourth-order valence-corrected chi connectivity index (χ4v) is 1.05. The highest BCUT2D eigenvalue weighted by Crippen LogP contribution is 2.00. The summed E-state index contributed by atoms with van der Waals surface area (Å²) in [4.78, 5) is 20.3. The van der Waals surface area contributed by atoms with Crippen LogP contribution in [0.1, 0.15) is 59.8 Å². The first-order valence-corrected chi connectivity index (χ1v) is 6.31. The van der Waals surface area contributed by atoms with Crippen LogP contribution in [0.5, 0.6) is 0 Å². The Morgan fingerprint density at radius 2 is 1.12 bits per heavy atom. The molecule has 4 heteroatoms. The summed E-state index contributed by atoms with van der Waals surface area (Å²) in [6.45, 7) is 7.36. The van der Waals surface area contributed by atoms with Gasteiger partial charge in [-0.25, -0.2) is 0 Å². The van der Waals surface area contributed by atoms with Gasteiger partial charge < -0.3 is 9.47 Å². The van der Waals surface area contributed by atoms with Crippen molar-refractivity contribution in [1.82, 2.24) is 0 Å². The molecule has 17 heavy (non-hydrogen) atoms. The quantitative estimate of drug-likeness (QED) is 0.511. The van der Waals surface area contributed by atoms with Crippen molar-refractivity contribution in [3.05, 3.63) is 0 Å². The molecule has 0 saturated carbocycles. The second-order valence-electron chi connectivity index (χ2n) is 3.74. The molecule has 0 atom stereocenters. The topological polar surface area (TPSA) is 52.6 Å². The van der Waals surface area contributed by atoms with Crippen molar-refractivity contribution in [2.75, 3.05) is 13.2 Å². The molecule has 0 unspecified atom stereocenters. The molecule has 0 aliphatic heterocycles. The lowest BCUT2D eigenvalue weighted by Gasteiger charge is -2.00. The van der Waals surface area contributed by atoms with E-state index in [0.717, 1.165) is 0 Å². The van der Waals surface area contributed by atoms with Gasteiger partial charge in [0, 0.05) is 13.8 Å². The summed E-state index contributed by atoms with van der Waals surface area (Å²) in [5.74, 6) is -0.737. The Hall–Kier alpha value is -1.06. The van der Waals surface area contributed by atoms with Gasteiger partial charge in [-0.15, -0.1) is 0 Å². The molecule has 0 amide bonds. The Labute approximate surface area is 105 Å². The summed E-state index contributed by atoms with van der Waals surface area (Å²) in [6.07, 6.45) is 7.01. The monoisotopic (exact) mass is 246 g/mol.